The fourth-order valence-electron chi connectivity index (χ4n) is 2.25. The summed E-state index contributed by atoms with van der Waals surface area (Å²) in [4.78, 5) is 14.4. The van der Waals surface area contributed by atoms with Gasteiger partial charge in [-0.15, -0.1) is 11.8 Å². The zero-order chi connectivity index (χ0) is 13.9. The van der Waals surface area contributed by atoms with Gasteiger partial charge in [0.15, 0.2) is 0 Å². The second kappa shape index (κ2) is 5.92. The van der Waals surface area contributed by atoms with Crippen LogP contribution >= 0.6 is 11.8 Å². The van der Waals surface area contributed by atoms with Gasteiger partial charge in [0.25, 0.3) is 0 Å². The van der Waals surface area contributed by atoms with E-state index in [1.165, 1.54) is 12.1 Å². The van der Waals surface area contributed by atoms with E-state index in [1.54, 1.807) is 23.9 Å². The van der Waals surface area contributed by atoms with Gasteiger partial charge in [-0.25, -0.2) is 4.39 Å². The van der Waals surface area contributed by atoms with Gasteiger partial charge in [0.05, 0.1) is 5.41 Å². The number of carboxylic acids is 1. The van der Waals surface area contributed by atoms with E-state index in [9.17, 15) is 9.18 Å². The molecular formula is C14H18FNO2S. The number of carboxylic acid groups (broad SMARTS) is 1. The summed E-state index contributed by atoms with van der Waals surface area (Å²) in [5, 5.41) is 9.15. The molecule has 0 radical (unpaired) electrons. The third-order valence-corrected chi connectivity index (χ3v) is 4.55. The monoisotopic (exact) mass is 283 g/mol. The Morgan fingerprint density at radius 2 is 2.16 bits per heavy atom. The van der Waals surface area contributed by atoms with Crippen molar-refractivity contribution < 1.29 is 14.3 Å². The smallest absolute Gasteiger partial charge is 0.310 e. The summed E-state index contributed by atoms with van der Waals surface area (Å²) in [6.45, 7) is 4.13. The van der Waals surface area contributed by atoms with E-state index in [0.29, 0.717) is 13.0 Å². The van der Waals surface area contributed by atoms with Gasteiger partial charge in [0.2, 0.25) is 0 Å². The van der Waals surface area contributed by atoms with Crippen LogP contribution in [0.15, 0.2) is 29.2 Å². The summed E-state index contributed by atoms with van der Waals surface area (Å²) in [6.07, 6.45) is 0.712. The van der Waals surface area contributed by atoms with Crippen LogP contribution in [-0.4, -0.2) is 41.4 Å². The van der Waals surface area contributed by atoms with Crippen LogP contribution in [0.25, 0.3) is 0 Å². The molecule has 0 saturated carbocycles. The molecule has 1 aromatic carbocycles. The van der Waals surface area contributed by atoms with Crippen molar-refractivity contribution in [2.24, 2.45) is 5.41 Å². The maximum absolute atomic E-state index is 12.7. The Hall–Kier alpha value is -1.07. The fourth-order valence-corrected chi connectivity index (χ4v) is 3.16. The number of thioether (sulfide) groups is 1. The highest BCUT2D eigenvalue weighted by Gasteiger charge is 2.39. The third kappa shape index (κ3) is 3.70. The van der Waals surface area contributed by atoms with E-state index in [0.717, 1.165) is 23.7 Å². The number of nitrogens with zero attached hydrogens (tertiary/aromatic N) is 1. The molecule has 5 heteroatoms. The maximum Gasteiger partial charge on any atom is 0.310 e. The van der Waals surface area contributed by atoms with Crippen LogP contribution in [0, 0.1) is 11.2 Å². The lowest BCUT2D eigenvalue weighted by atomic mass is 9.90. The zero-order valence-corrected chi connectivity index (χ0v) is 11.8. The van der Waals surface area contributed by atoms with E-state index < -0.39 is 11.4 Å². The van der Waals surface area contributed by atoms with E-state index in [-0.39, 0.29) is 5.82 Å². The van der Waals surface area contributed by atoms with Crippen LogP contribution in [0.3, 0.4) is 0 Å². The molecule has 104 valence electrons. The number of aliphatic carboxylic acids is 1. The van der Waals surface area contributed by atoms with Gasteiger partial charge in [-0.1, -0.05) is 0 Å². The molecule has 0 bridgehead atoms. The van der Waals surface area contributed by atoms with Crippen molar-refractivity contribution in [2.75, 3.05) is 25.4 Å². The summed E-state index contributed by atoms with van der Waals surface area (Å²) in [6, 6.07) is 6.45. The average molecular weight is 283 g/mol. The normalized spacial score (nSPS) is 23.7. The summed E-state index contributed by atoms with van der Waals surface area (Å²) >= 11 is 1.67. The molecule has 0 spiro atoms. The quantitative estimate of drug-likeness (QED) is 0.844. The van der Waals surface area contributed by atoms with Crippen LogP contribution in [-0.2, 0) is 4.79 Å². The largest absolute Gasteiger partial charge is 0.481 e. The molecule has 3 nitrogen and oxygen atoms in total. The summed E-state index contributed by atoms with van der Waals surface area (Å²) in [5.41, 5.74) is -0.597. The number of benzene rings is 1. The standard InChI is InChI=1S/C14H18FNO2S/c1-14(13(17)18)6-7-16(10-14)8-9-19-12-4-2-11(15)3-5-12/h2-5H,6-10H2,1H3,(H,17,18). The van der Waals surface area contributed by atoms with Gasteiger partial charge in [0.1, 0.15) is 5.82 Å². The van der Waals surface area contributed by atoms with Crippen LogP contribution in [0.2, 0.25) is 0 Å². The Kier molecular flexibility index (Phi) is 4.47. The summed E-state index contributed by atoms with van der Waals surface area (Å²) in [5.74, 6) is -0.0382. The molecule has 1 heterocycles. The van der Waals surface area contributed by atoms with Crippen LogP contribution in [0.4, 0.5) is 4.39 Å². The van der Waals surface area contributed by atoms with Crippen LogP contribution < -0.4 is 0 Å². The lowest BCUT2D eigenvalue weighted by Crippen LogP contribution is -2.32. The molecule has 0 aliphatic carbocycles. The molecule has 0 amide bonds. The summed E-state index contributed by atoms with van der Waals surface area (Å²) < 4.78 is 12.7. The SMILES string of the molecule is CC1(C(=O)O)CCN(CCSc2ccc(F)cc2)C1. The molecule has 0 aromatic heterocycles. The molecule has 1 atom stereocenters. The third-order valence-electron chi connectivity index (χ3n) is 3.56. The maximum atomic E-state index is 12.7. The Morgan fingerprint density at radius 3 is 2.74 bits per heavy atom. The van der Waals surface area contributed by atoms with Crippen molar-refractivity contribution in [3.05, 3.63) is 30.1 Å². The first-order chi connectivity index (χ1) is 8.99. The minimum atomic E-state index is -0.707. The molecule has 19 heavy (non-hydrogen) atoms. The molecule has 1 saturated heterocycles. The second-order valence-corrected chi connectivity index (χ2v) is 6.36. The Bertz CT molecular complexity index is 451. The van der Waals surface area contributed by atoms with Gasteiger partial charge < -0.3 is 10.0 Å². The highest BCUT2D eigenvalue weighted by Crippen LogP contribution is 2.30. The van der Waals surface area contributed by atoms with Crippen molar-refractivity contribution >= 4 is 17.7 Å². The first-order valence-corrected chi connectivity index (χ1v) is 7.32. The molecule has 2 rings (SSSR count). The average Bonchev–Trinajstić information content (AvgIpc) is 2.75. The fraction of sp³-hybridized carbons (Fsp3) is 0.500. The van der Waals surface area contributed by atoms with Gasteiger partial charge >= 0.3 is 5.97 Å². The van der Waals surface area contributed by atoms with E-state index >= 15 is 0 Å². The molecule has 1 unspecified atom stereocenters. The van der Waals surface area contributed by atoms with E-state index in [2.05, 4.69) is 4.90 Å². The molecule has 1 aliphatic rings. The first kappa shape index (κ1) is 14.3. The Balaban J connectivity index is 1.75. The predicted octanol–water partition coefficient (Wildman–Crippen LogP) is 2.71. The number of hydrogen-bond acceptors (Lipinski definition) is 3. The lowest BCUT2D eigenvalue weighted by molar-refractivity contribution is -0.147. The molecular weight excluding hydrogens is 265 g/mol. The Labute approximate surface area is 116 Å². The number of rotatable bonds is 5. The minimum Gasteiger partial charge on any atom is -0.481 e. The predicted molar refractivity (Wildman–Crippen MR) is 73.9 cm³/mol. The minimum absolute atomic E-state index is 0.221. The van der Waals surface area contributed by atoms with Crippen molar-refractivity contribution in [3.8, 4) is 0 Å². The molecule has 1 N–H and O–H groups in total. The van der Waals surface area contributed by atoms with E-state index in [1.807, 2.05) is 6.92 Å². The highest BCUT2D eigenvalue weighted by atomic mass is 32.2. The van der Waals surface area contributed by atoms with E-state index in [4.69, 9.17) is 5.11 Å². The van der Waals surface area contributed by atoms with Crippen molar-refractivity contribution in [1.82, 2.24) is 4.90 Å². The summed E-state index contributed by atoms with van der Waals surface area (Å²) in [7, 11) is 0. The molecule has 1 aromatic rings. The topological polar surface area (TPSA) is 40.5 Å². The van der Waals surface area contributed by atoms with Crippen LogP contribution in [0.1, 0.15) is 13.3 Å². The number of halogens is 1. The highest BCUT2D eigenvalue weighted by molar-refractivity contribution is 7.99. The van der Waals surface area contributed by atoms with Crippen molar-refractivity contribution in [1.29, 1.82) is 0 Å². The van der Waals surface area contributed by atoms with Crippen molar-refractivity contribution in [3.63, 3.8) is 0 Å². The second-order valence-electron chi connectivity index (χ2n) is 5.19. The lowest BCUT2D eigenvalue weighted by Gasteiger charge is -2.19. The van der Waals surface area contributed by atoms with Crippen molar-refractivity contribution in [2.45, 2.75) is 18.2 Å². The number of hydrogen-bond donors (Lipinski definition) is 1. The number of likely N-dealkylation sites (tertiary alicyclic amines) is 1. The zero-order valence-electron chi connectivity index (χ0n) is 10.9. The Morgan fingerprint density at radius 1 is 1.47 bits per heavy atom. The molecule has 1 fully saturated rings. The van der Waals surface area contributed by atoms with Crippen LogP contribution in [0.5, 0.6) is 0 Å². The first-order valence-electron chi connectivity index (χ1n) is 6.34. The van der Waals surface area contributed by atoms with Gasteiger partial charge in [-0.3, -0.25) is 4.79 Å². The van der Waals surface area contributed by atoms with Gasteiger partial charge in [0, 0.05) is 23.7 Å². The van der Waals surface area contributed by atoms with Gasteiger partial charge in [-0.05, 0) is 44.2 Å². The number of carbonyl (C=O) groups is 1. The molecule has 1 aliphatic heterocycles. The van der Waals surface area contributed by atoms with Gasteiger partial charge in [-0.2, -0.15) is 0 Å².